The highest BCUT2D eigenvalue weighted by Crippen LogP contribution is 2.26. The van der Waals surface area contributed by atoms with Gasteiger partial charge in [-0.1, -0.05) is 54.1 Å². The van der Waals surface area contributed by atoms with E-state index in [4.69, 9.17) is 26.1 Å². The van der Waals surface area contributed by atoms with Crippen LogP contribution < -0.4 is 5.32 Å². The zero-order valence-electron chi connectivity index (χ0n) is 18.5. The van der Waals surface area contributed by atoms with Crippen LogP contribution in [0.25, 0.3) is 22.3 Å². The van der Waals surface area contributed by atoms with Gasteiger partial charge in [-0.05, 0) is 23.8 Å². The van der Waals surface area contributed by atoms with Crippen molar-refractivity contribution in [3.05, 3.63) is 83.0 Å². The van der Waals surface area contributed by atoms with Crippen LogP contribution in [0.1, 0.15) is 15.9 Å². The molecule has 0 saturated heterocycles. The molecule has 0 aliphatic rings. The maximum atomic E-state index is 13.0. The Hall–Kier alpha value is -3.75. The quantitative estimate of drug-likeness (QED) is 0.291. The fourth-order valence-electron chi connectivity index (χ4n) is 3.40. The standard InChI is InChI=1S/C25H23ClN4O4/c1-33-12-11-27-23(31)16-34-25(32)20-13-22(18-5-3-2-4-6-18)29-24-21(20)14-28-30(24)15-17-7-9-19(26)10-8-17/h2-10,13-14H,11-12,15-16H2,1H3,(H,27,31). The number of fused-ring (bicyclic) bond motifs is 1. The van der Waals surface area contributed by atoms with Crippen molar-refractivity contribution in [1.82, 2.24) is 20.1 Å². The molecule has 0 fully saturated rings. The Kier molecular flexibility index (Phi) is 7.51. The number of esters is 1. The lowest BCUT2D eigenvalue weighted by atomic mass is 10.1. The molecule has 34 heavy (non-hydrogen) atoms. The van der Waals surface area contributed by atoms with Crippen molar-refractivity contribution in [1.29, 1.82) is 0 Å². The number of hydrogen-bond acceptors (Lipinski definition) is 6. The Morgan fingerprint density at radius 2 is 1.85 bits per heavy atom. The monoisotopic (exact) mass is 478 g/mol. The van der Waals surface area contributed by atoms with Crippen molar-refractivity contribution < 1.29 is 19.1 Å². The SMILES string of the molecule is COCCNC(=O)COC(=O)c1cc(-c2ccccc2)nc2c1cnn2Cc1ccc(Cl)cc1. The molecule has 174 valence electrons. The molecule has 0 aliphatic heterocycles. The predicted octanol–water partition coefficient (Wildman–Crippen LogP) is 3.72. The maximum absolute atomic E-state index is 13.0. The van der Waals surface area contributed by atoms with Gasteiger partial charge in [-0.25, -0.2) is 14.5 Å². The number of ether oxygens (including phenoxy) is 2. The van der Waals surface area contributed by atoms with Gasteiger partial charge in [0, 0.05) is 24.2 Å². The molecule has 0 atom stereocenters. The molecule has 0 spiro atoms. The van der Waals surface area contributed by atoms with Crippen molar-refractivity contribution in [2.24, 2.45) is 0 Å². The van der Waals surface area contributed by atoms with Crippen LogP contribution in [0.4, 0.5) is 0 Å². The zero-order valence-corrected chi connectivity index (χ0v) is 19.3. The van der Waals surface area contributed by atoms with Gasteiger partial charge in [-0.3, -0.25) is 4.79 Å². The third kappa shape index (κ3) is 5.59. The Bertz CT molecular complexity index is 1290. The van der Waals surface area contributed by atoms with E-state index >= 15 is 0 Å². The summed E-state index contributed by atoms with van der Waals surface area (Å²) in [6, 6.07) is 18.6. The fourth-order valence-corrected chi connectivity index (χ4v) is 3.53. The number of rotatable bonds is 9. The van der Waals surface area contributed by atoms with E-state index in [2.05, 4.69) is 10.4 Å². The molecule has 0 unspecified atom stereocenters. The molecule has 0 aliphatic carbocycles. The van der Waals surface area contributed by atoms with E-state index < -0.39 is 18.5 Å². The van der Waals surface area contributed by atoms with Crippen molar-refractivity contribution >= 4 is 34.5 Å². The molecule has 0 bridgehead atoms. The Balaban J connectivity index is 1.66. The first-order valence-electron chi connectivity index (χ1n) is 10.6. The molecule has 2 aromatic carbocycles. The second-order valence-corrected chi connectivity index (χ2v) is 7.94. The van der Waals surface area contributed by atoms with E-state index in [1.807, 2.05) is 54.6 Å². The number of hydrogen-bond donors (Lipinski definition) is 1. The first-order chi connectivity index (χ1) is 16.5. The van der Waals surface area contributed by atoms with Crippen LogP contribution in [0.5, 0.6) is 0 Å². The van der Waals surface area contributed by atoms with Crippen molar-refractivity contribution in [3.8, 4) is 11.3 Å². The average Bonchev–Trinajstić information content (AvgIpc) is 3.26. The van der Waals surface area contributed by atoms with Crippen LogP contribution in [-0.4, -0.2) is 53.5 Å². The highest BCUT2D eigenvalue weighted by atomic mass is 35.5. The summed E-state index contributed by atoms with van der Waals surface area (Å²) in [5.74, 6) is -1.03. The normalized spacial score (nSPS) is 10.9. The lowest BCUT2D eigenvalue weighted by molar-refractivity contribution is -0.124. The minimum Gasteiger partial charge on any atom is -0.452 e. The number of amides is 1. The van der Waals surface area contributed by atoms with Gasteiger partial charge in [0.05, 0.1) is 36.0 Å². The number of carbonyl (C=O) groups is 2. The smallest absolute Gasteiger partial charge is 0.339 e. The summed E-state index contributed by atoms with van der Waals surface area (Å²) in [7, 11) is 1.54. The Morgan fingerprint density at radius 3 is 2.59 bits per heavy atom. The largest absolute Gasteiger partial charge is 0.452 e. The highest BCUT2D eigenvalue weighted by Gasteiger charge is 2.19. The molecular weight excluding hydrogens is 456 g/mol. The summed E-state index contributed by atoms with van der Waals surface area (Å²) in [6.07, 6.45) is 1.59. The minimum absolute atomic E-state index is 0.288. The summed E-state index contributed by atoms with van der Waals surface area (Å²) in [5, 5.41) is 8.27. The van der Waals surface area contributed by atoms with Gasteiger partial charge >= 0.3 is 5.97 Å². The van der Waals surface area contributed by atoms with Crippen LogP contribution >= 0.6 is 11.6 Å². The zero-order chi connectivity index (χ0) is 23.9. The first kappa shape index (κ1) is 23.4. The summed E-state index contributed by atoms with van der Waals surface area (Å²) in [6.45, 7) is 0.758. The van der Waals surface area contributed by atoms with Gasteiger partial charge in [0.1, 0.15) is 0 Å². The second kappa shape index (κ2) is 10.9. The predicted molar refractivity (Wildman–Crippen MR) is 129 cm³/mol. The van der Waals surface area contributed by atoms with E-state index in [9.17, 15) is 9.59 Å². The van der Waals surface area contributed by atoms with Gasteiger partial charge < -0.3 is 14.8 Å². The molecule has 2 heterocycles. The molecule has 0 radical (unpaired) electrons. The van der Waals surface area contributed by atoms with Gasteiger partial charge in [-0.15, -0.1) is 0 Å². The second-order valence-electron chi connectivity index (χ2n) is 7.51. The van der Waals surface area contributed by atoms with Gasteiger partial charge in [0.25, 0.3) is 5.91 Å². The van der Waals surface area contributed by atoms with Gasteiger partial charge in [-0.2, -0.15) is 5.10 Å². The molecule has 4 aromatic rings. The first-order valence-corrected chi connectivity index (χ1v) is 11.0. The number of methoxy groups -OCH3 is 1. The summed E-state index contributed by atoms with van der Waals surface area (Å²) < 4.78 is 11.9. The highest BCUT2D eigenvalue weighted by molar-refractivity contribution is 6.30. The number of halogens is 1. The van der Waals surface area contributed by atoms with Crippen LogP contribution in [-0.2, 0) is 20.8 Å². The van der Waals surface area contributed by atoms with E-state index in [1.165, 1.54) is 7.11 Å². The van der Waals surface area contributed by atoms with Crippen molar-refractivity contribution in [2.45, 2.75) is 6.54 Å². The molecule has 0 saturated carbocycles. The van der Waals surface area contributed by atoms with Crippen LogP contribution in [0.2, 0.25) is 5.02 Å². The van der Waals surface area contributed by atoms with Gasteiger partial charge in [0.2, 0.25) is 0 Å². The van der Waals surface area contributed by atoms with Crippen molar-refractivity contribution in [2.75, 3.05) is 26.9 Å². The summed E-state index contributed by atoms with van der Waals surface area (Å²) in [5.41, 5.74) is 3.25. The molecule has 1 amide bonds. The topological polar surface area (TPSA) is 95.3 Å². The van der Waals surface area contributed by atoms with Gasteiger partial charge in [0.15, 0.2) is 12.3 Å². The molecule has 8 nitrogen and oxygen atoms in total. The van der Waals surface area contributed by atoms with Crippen LogP contribution in [0.3, 0.4) is 0 Å². The lowest BCUT2D eigenvalue weighted by Gasteiger charge is -2.10. The summed E-state index contributed by atoms with van der Waals surface area (Å²) >= 11 is 6.00. The third-order valence-corrected chi connectivity index (χ3v) is 5.36. The third-order valence-electron chi connectivity index (χ3n) is 5.11. The number of nitrogens with zero attached hydrogens (tertiary/aromatic N) is 3. The number of carbonyl (C=O) groups excluding carboxylic acids is 2. The van der Waals surface area contributed by atoms with E-state index in [1.54, 1.807) is 16.9 Å². The molecule has 4 rings (SSSR count). The number of aromatic nitrogens is 3. The number of benzene rings is 2. The number of nitrogens with one attached hydrogen (secondary N) is 1. The average molecular weight is 479 g/mol. The van der Waals surface area contributed by atoms with E-state index in [0.717, 1.165) is 11.1 Å². The van der Waals surface area contributed by atoms with Crippen molar-refractivity contribution in [3.63, 3.8) is 0 Å². The Labute approximate surface area is 201 Å². The summed E-state index contributed by atoms with van der Waals surface area (Å²) in [4.78, 5) is 29.7. The van der Waals surface area contributed by atoms with E-state index in [-0.39, 0.29) is 5.56 Å². The minimum atomic E-state index is -0.627. The van der Waals surface area contributed by atoms with Crippen LogP contribution in [0.15, 0.2) is 66.9 Å². The molecule has 1 N–H and O–H groups in total. The lowest BCUT2D eigenvalue weighted by Crippen LogP contribution is -2.31. The maximum Gasteiger partial charge on any atom is 0.339 e. The number of pyridine rings is 1. The molecule has 2 aromatic heterocycles. The molecular formula is C25H23ClN4O4. The fraction of sp³-hybridized carbons (Fsp3) is 0.200. The molecule has 9 heteroatoms. The van der Waals surface area contributed by atoms with Crippen LogP contribution in [0, 0.1) is 0 Å². The van der Waals surface area contributed by atoms with E-state index in [0.29, 0.717) is 41.4 Å². The Morgan fingerprint density at radius 1 is 1.09 bits per heavy atom.